The van der Waals surface area contributed by atoms with E-state index >= 15 is 0 Å². The van der Waals surface area contributed by atoms with Gasteiger partial charge in [0.05, 0.1) is 21.3 Å². The molecule has 0 radical (unpaired) electrons. The lowest BCUT2D eigenvalue weighted by molar-refractivity contribution is -0.124. The van der Waals surface area contributed by atoms with Crippen LogP contribution in [0.2, 0.25) is 0 Å². The van der Waals surface area contributed by atoms with Crippen molar-refractivity contribution >= 4 is 38.8 Å². The number of carbonyl (C=O) groups is 2. The number of nitrogens with one attached hydrogen (secondary N) is 1. The fourth-order valence-corrected chi connectivity index (χ4v) is 6.87. The molecule has 2 heterocycles. The fraction of sp³-hybridized carbons (Fsp3) is 0.250. The van der Waals surface area contributed by atoms with Gasteiger partial charge in [0.1, 0.15) is 5.54 Å². The lowest BCUT2D eigenvalue weighted by Crippen LogP contribution is -2.53. The number of thiophene rings is 1. The molecule has 2 aromatic heterocycles. The number of nitrogens with zero attached hydrogens (tertiary/aromatic N) is 1. The molecular formula is C28H28N6O2S. The quantitative estimate of drug-likeness (QED) is 0.262. The molecule has 2 aliphatic carbocycles. The number of rotatable bonds is 4. The van der Waals surface area contributed by atoms with Crippen molar-refractivity contribution in [3.8, 4) is 11.1 Å². The topological polar surface area (TPSA) is 163 Å². The molecule has 0 aliphatic heterocycles. The van der Waals surface area contributed by atoms with E-state index in [2.05, 4.69) is 10.3 Å². The zero-order valence-corrected chi connectivity index (χ0v) is 20.9. The van der Waals surface area contributed by atoms with Gasteiger partial charge in [-0.1, -0.05) is 36.4 Å². The van der Waals surface area contributed by atoms with Crippen molar-refractivity contribution in [1.82, 2.24) is 10.3 Å². The summed E-state index contributed by atoms with van der Waals surface area (Å²) in [6.07, 6.45) is 4.29. The van der Waals surface area contributed by atoms with Crippen LogP contribution >= 0.6 is 11.3 Å². The van der Waals surface area contributed by atoms with Crippen molar-refractivity contribution in [1.29, 1.82) is 0 Å². The van der Waals surface area contributed by atoms with Gasteiger partial charge in [-0.2, -0.15) is 0 Å². The molecule has 37 heavy (non-hydrogen) atoms. The summed E-state index contributed by atoms with van der Waals surface area (Å²) < 4.78 is 0.686. The number of ketones is 1. The largest absolute Gasteiger partial charge is 0.398 e. The molecule has 4 aromatic rings. The van der Waals surface area contributed by atoms with E-state index in [0.29, 0.717) is 37.5 Å². The van der Waals surface area contributed by atoms with E-state index < -0.39 is 17.4 Å². The van der Waals surface area contributed by atoms with Gasteiger partial charge >= 0.3 is 0 Å². The first-order valence-electron chi connectivity index (χ1n) is 12.3. The molecule has 1 amide bonds. The Hall–Kier alpha value is -3.63. The fourth-order valence-electron chi connectivity index (χ4n) is 5.67. The standard InChI is InChI=1S/C28H28N6O2S/c29-17-7-4-8-19(17)34-27(36)25-22-21-16(9-10-18(30)24(21)37-25)28(32,26(35)23(22)31)20-13-15(11-12-33-20)14-5-2-1-3-6-14/h1-3,5-6,9-13,17,19,23H,4,7-8,29-32H2,(H,34,36)/t17-,19+,23?,28?/m0/s1. The molecular weight excluding hydrogens is 484 g/mol. The SMILES string of the molecule is Nc1ccc2c3c(c(C(=O)N[C@@H]4CCC[C@@H]4N)sc13)C(N)C(=O)C2(N)c1cc(-c2ccccc2)ccn1. The molecule has 0 bridgehead atoms. The maximum atomic E-state index is 14.0. The minimum absolute atomic E-state index is 0.0923. The van der Waals surface area contributed by atoms with Gasteiger partial charge in [-0.25, -0.2) is 0 Å². The van der Waals surface area contributed by atoms with E-state index in [1.807, 2.05) is 42.5 Å². The van der Waals surface area contributed by atoms with Gasteiger partial charge in [0.2, 0.25) is 0 Å². The van der Waals surface area contributed by atoms with Crippen molar-refractivity contribution in [2.24, 2.45) is 17.2 Å². The van der Waals surface area contributed by atoms with Crippen LogP contribution in [0.15, 0.2) is 60.8 Å². The summed E-state index contributed by atoms with van der Waals surface area (Å²) in [6.45, 7) is 0. The van der Waals surface area contributed by atoms with E-state index in [0.717, 1.165) is 30.4 Å². The zero-order chi connectivity index (χ0) is 25.9. The Bertz CT molecular complexity index is 1550. The number of hydrogen-bond donors (Lipinski definition) is 5. The molecule has 8 nitrogen and oxygen atoms in total. The Morgan fingerprint density at radius 3 is 2.57 bits per heavy atom. The molecule has 0 spiro atoms. The average molecular weight is 513 g/mol. The van der Waals surface area contributed by atoms with Gasteiger partial charge < -0.3 is 28.3 Å². The predicted octanol–water partition coefficient (Wildman–Crippen LogP) is 2.94. The van der Waals surface area contributed by atoms with Crippen LogP contribution in [-0.4, -0.2) is 28.8 Å². The first-order valence-corrected chi connectivity index (χ1v) is 13.1. The van der Waals surface area contributed by atoms with Crippen LogP contribution in [0.1, 0.15) is 51.8 Å². The van der Waals surface area contributed by atoms with Crippen LogP contribution in [0, 0.1) is 0 Å². The number of pyridine rings is 1. The lowest BCUT2D eigenvalue weighted by atomic mass is 9.72. The van der Waals surface area contributed by atoms with E-state index in [4.69, 9.17) is 22.9 Å². The van der Waals surface area contributed by atoms with Crippen molar-refractivity contribution in [3.05, 3.63) is 82.5 Å². The van der Waals surface area contributed by atoms with Crippen LogP contribution < -0.4 is 28.3 Å². The molecule has 2 aromatic carbocycles. The average Bonchev–Trinajstić information content (AvgIpc) is 3.52. The lowest BCUT2D eigenvalue weighted by Gasteiger charge is -2.36. The van der Waals surface area contributed by atoms with Gasteiger partial charge in [0.15, 0.2) is 5.78 Å². The summed E-state index contributed by atoms with van der Waals surface area (Å²) in [5.41, 5.74) is 28.2. The molecule has 188 valence electrons. The van der Waals surface area contributed by atoms with Crippen molar-refractivity contribution in [2.75, 3.05) is 5.73 Å². The Morgan fingerprint density at radius 2 is 1.84 bits per heavy atom. The third-order valence-electron chi connectivity index (χ3n) is 7.68. The number of anilines is 1. The van der Waals surface area contributed by atoms with E-state index in [1.165, 1.54) is 11.3 Å². The molecule has 1 saturated carbocycles. The summed E-state index contributed by atoms with van der Waals surface area (Å²) in [5, 5.41) is 3.71. The number of benzene rings is 2. The third kappa shape index (κ3) is 3.58. The van der Waals surface area contributed by atoms with Crippen molar-refractivity contribution in [3.63, 3.8) is 0 Å². The first kappa shape index (κ1) is 23.7. The number of nitrogen functional groups attached to an aromatic ring is 1. The number of hydrogen-bond acceptors (Lipinski definition) is 8. The maximum absolute atomic E-state index is 14.0. The summed E-state index contributed by atoms with van der Waals surface area (Å²) >= 11 is 1.24. The predicted molar refractivity (Wildman–Crippen MR) is 146 cm³/mol. The van der Waals surface area contributed by atoms with Gasteiger partial charge in [-0.3, -0.25) is 14.6 Å². The van der Waals surface area contributed by atoms with Crippen molar-refractivity contribution in [2.45, 2.75) is 42.9 Å². The third-order valence-corrected chi connectivity index (χ3v) is 8.93. The van der Waals surface area contributed by atoms with Crippen LogP contribution in [0.4, 0.5) is 5.69 Å². The van der Waals surface area contributed by atoms with E-state index in [1.54, 1.807) is 18.3 Å². The smallest absolute Gasteiger partial charge is 0.262 e. The number of Topliss-reactive ketones (excluding diaryl/α,β-unsaturated/α-hetero) is 1. The molecule has 4 atom stereocenters. The molecule has 9 heteroatoms. The second-order valence-corrected chi connectivity index (χ2v) is 10.9. The number of aromatic nitrogens is 1. The van der Waals surface area contributed by atoms with Crippen LogP contribution in [0.25, 0.3) is 21.2 Å². The van der Waals surface area contributed by atoms with Gasteiger partial charge in [0.25, 0.3) is 5.91 Å². The van der Waals surface area contributed by atoms with E-state index in [-0.39, 0.29) is 18.0 Å². The molecule has 2 aliphatic rings. The molecule has 0 saturated heterocycles. The Labute approximate surface area is 218 Å². The number of nitrogens with two attached hydrogens (primary N) is 4. The highest BCUT2D eigenvalue weighted by Crippen LogP contribution is 2.49. The Balaban J connectivity index is 1.52. The summed E-state index contributed by atoms with van der Waals surface area (Å²) in [5.74, 6) is -0.713. The second-order valence-electron chi connectivity index (χ2n) is 9.87. The monoisotopic (exact) mass is 512 g/mol. The minimum Gasteiger partial charge on any atom is -0.398 e. The van der Waals surface area contributed by atoms with Crippen LogP contribution in [-0.2, 0) is 10.3 Å². The van der Waals surface area contributed by atoms with Gasteiger partial charge in [-0.15, -0.1) is 11.3 Å². The Morgan fingerprint density at radius 1 is 1.05 bits per heavy atom. The maximum Gasteiger partial charge on any atom is 0.262 e. The molecule has 9 N–H and O–H groups in total. The first-order chi connectivity index (χ1) is 17.8. The van der Waals surface area contributed by atoms with Gasteiger partial charge in [-0.05, 0) is 54.2 Å². The van der Waals surface area contributed by atoms with Crippen LogP contribution in [0.3, 0.4) is 0 Å². The number of amides is 1. The second kappa shape index (κ2) is 8.74. The summed E-state index contributed by atoms with van der Waals surface area (Å²) in [4.78, 5) is 32.3. The van der Waals surface area contributed by atoms with E-state index in [9.17, 15) is 9.59 Å². The van der Waals surface area contributed by atoms with Gasteiger partial charge in [0, 0.05) is 34.9 Å². The minimum atomic E-state index is -1.61. The van der Waals surface area contributed by atoms with Crippen molar-refractivity contribution < 1.29 is 9.59 Å². The Kier molecular flexibility index (Phi) is 5.61. The zero-order valence-electron chi connectivity index (χ0n) is 20.1. The highest BCUT2D eigenvalue weighted by Gasteiger charge is 2.49. The molecule has 2 unspecified atom stereocenters. The summed E-state index contributed by atoms with van der Waals surface area (Å²) in [6, 6.07) is 15.7. The molecule has 1 fully saturated rings. The highest BCUT2D eigenvalue weighted by atomic mass is 32.1. The van der Waals surface area contributed by atoms with Crippen LogP contribution in [0.5, 0.6) is 0 Å². The summed E-state index contributed by atoms with van der Waals surface area (Å²) in [7, 11) is 0. The normalized spacial score (nSPS) is 24.9. The highest BCUT2D eigenvalue weighted by molar-refractivity contribution is 7.21. The molecule has 6 rings (SSSR count). The number of carbonyl (C=O) groups excluding carboxylic acids is 2.